The van der Waals surface area contributed by atoms with E-state index in [1.807, 2.05) is 18.2 Å². The minimum atomic E-state index is -1.74. The maximum atomic E-state index is 13.5. The van der Waals surface area contributed by atoms with E-state index in [0.717, 1.165) is 11.6 Å². The Hall–Kier alpha value is -3.03. The molecule has 0 bridgehead atoms. The number of benzene rings is 2. The van der Waals surface area contributed by atoms with E-state index in [1.165, 1.54) is 0 Å². The molecule has 0 atom stereocenters. The van der Waals surface area contributed by atoms with Crippen LogP contribution in [0.25, 0.3) is 0 Å². The van der Waals surface area contributed by atoms with Gasteiger partial charge in [-0.2, -0.15) is 0 Å². The number of hydrogen-bond acceptors (Lipinski definition) is 3. The number of methoxy groups -OCH3 is 1. The summed E-state index contributed by atoms with van der Waals surface area (Å²) in [5, 5.41) is 4.74. The molecule has 0 spiro atoms. The van der Waals surface area contributed by atoms with Crippen molar-refractivity contribution in [2.24, 2.45) is 0 Å². The monoisotopic (exact) mass is 366 g/mol. The second-order valence-corrected chi connectivity index (χ2v) is 5.32. The van der Waals surface area contributed by atoms with Crippen LogP contribution in [0.3, 0.4) is 0 Å². The first-order chi connectivity index (χ1) is 12.4. The zero-order valence-electron chi connectivity index (χ0n) is 13.9. The highest BCUT2D eigenvalue weighted by Gasteiger charge is 2.19. The lowest BCUT2D eigenvalue weighted by Crippen LogP contribution is -2.38. The van der Waals surface area contributed by atoms with Crippen molar-refractivity contribution in [1.82, 2.24) is 10.6 Å². The van der Waals surface area contributed by atoms with Gasteiger partial charge in [-0.1, -0.05) is 18.2 Å². The van der Waals surface area contributed by atoms with Gasteiger partial charge in [0, 0.05) is 6.54 Å². The van der Waals surface area contributed by atoms with E-state index >= 15 is 0 Å². The number of carbonyl (C=O) groups excluding carboxylic acids is 2. The van der Waals surface area contributed by atoms with Crippen molar-refractivity contribution in [3.8, 4) is 5.75 Å². The molecule has 0 aromatic heterocycles. The molecule has 0 radical (unpaired) electrons. The van der Waals surface area contributed by atoms with Gasteiger partial charge >= 0.3 is 0 Å². The Morgan fingerprint density at radius 3 is 2.46 bits per heavy atom. The lowest BCUT2D eigenvalue weighted by molar-refractivity contribution is -0.120. The van der Waals surface area contributed by atoms with Crippen LogP contribution in [0.2, 0.25) is 0 Å². The first kappa shape index (κ1) is 19.3. The molecule has 2 aromatic carbocycles. The summed E-state index contributed by atoms with van der Waals surface area (Å²) in [4.78, 5) is 23.5. The predicted molar refractivity (Wildman–Crippen MR) is 88.4 cm³/mol. The van der Waals surface area contributed by atoms with Gasteiger partial charge in [0.1, 0.15) is 5.75 Å². The van der Waals surface area contributed by atoms with Crippen molar-refractivity contribution >= 4 is 11.8 Å². The highest BCUT2D eigenvalue weighted by atomic mass is 19.2. The summed E-state index contributed by atoms with van der Waals surface area (Å²) < 4.78 is 44.7. The molecule has 0 saturated heterocycles. The molecule has 5 nitrogen and oxygen atoms in total. The number of hydrogen-bond donors (Lipinski definition) is 2. The van der Waals surface area contributed by atoms with Crippen molar-refractivity contribution in [3.05, 3.63) is 65.0 Å². The molecule has 2 aromatic rings. The first-order valence-corrected chi connectivity index (χ1v) is 7.74. The van der Waals surface area contributed by atoms with Gasteiger partial charge in [-0.05, 0) is 30.2 Å². The number of rotatable bonds is 7. The lowest BCUT2D eigenvalue weighted by Gasteiger charge is -2.10. The van der Waals surface area contributed by atoms with E-state index in [9.17, 15) is 22.8 Å². The molecule has 138 valence electrons. The Morgan fingerprint density at radius 1 is 1.00 bits per heavy atom. The van der Waals surface area contributed by atoms with E-state index in [-0.39, 0.29) is 0 Å². The van der Waals surface area contributed by atoms with E-state index in [4.69, 9.17) is 4.74 Å². The van der Waals surface area contributed by atoms with Gasteiger partial charge in [0.25, 0.3) is 5.91 Å². The normalized spacial score (nSPS) is 10.3. The second kappa shape index (κ2) is 8.89. The number of nitrogens with one attached hydrogen (secondary N) is 2. The minimum Gasteiger partial charge on any atom is -0.496 e. The fourth-order valence-electron chi connectivity index (χ4n) is 2.27. The largest absolute Gasteiger partial charge is 0.496 e. The van der Waals surface area contributed by atoms with Crippen LogP contribution < -0.4 is 15.4 Å². The first-order valence-electron chi connectivity index (χ1n) is 7.74. The summed E-state index contributed by atoms with van der Waals surface area (Å²) in [6.07, 6.45) is 0.515. The Balaban J connectivity index is 1.82. The zero-order valence-corrected chi connectivity index (χ0v) is 13.9. The molecule has 8 heteroatoms. The summed E-state index contributed by atoms with van der Waals surface area (Å²) in [6.45, 7) is -0.127. The van der Waals surface area contributed by atoms with Crippen LogP contribution in [0.5, 0.6) is 5.75 Å². The molecule has 26 heavy (non-hydrogen) atoms. The minimum absolute atomic E-state index is 0.300. The average Bonchev–Trinajstić information content (AvgIpc) is 2.64. The third kappa shape index (κ3) is 4.75. The van der Waals surface area contributed by atoms with Gasteiger partial charge in [-0.15, -0.1) is 0 Å². The lowest BCUT2D eigenvalue weighted by atomic mass is 10.1. The Bertz CT molecular complexity index is 812. The molecule has 2 amide bonds. The molecule has 0 heterocycles. The van der Waals surface area contributed by atoms with Crippen LogP contribution in [0.4, 0.5) is 13.2 Å². The molecular weight excluding hydrogens is 349 g/mol. The molecule has 0 aliphatic heterocycles. The molecular formula is C18H17F3N2O3. The van der Waals surface area contributed by atoms with Crippen molar-refractivity contribution in [1.29, 1.82) is 0 Å². The van der Waals surface area contributed by atoms with Gasteiger partial charge < -0.3 is 15.4 Å². The van der Waals surface area contributed by atoms with Crippen LogP contribution in [0, 0.1) is 17.5 Å². The number of amides is 2. The SMILES string of the molecule is COc1ccccc1CCNC(=O)CNC(=O)c1ccc(F)c(F)c1F. The quantitative estimate of drug-likeness (QED) is 0.739. The van der Waals surface area contributed by atoms with Crippen molar-refractivity contribution in [2.75, 3.05) is 20.2 Å². The third-order valence-electron chi connectivity index (χ3n) is 3.60. The summed E-state index contributed by atoms with van der Waals surface area (Å²) in [7, 11) is 1.55. The van der Waals surface area contributed by atoms with Crippen LogP contribution >= 0.6 is 0 Å². The summed E-state index contributed by atoms with van der Waals surface area (Å²) in [5.41, 5.74) is 0.230. The highest BCUT2D eigenvalue weighted by molar-refractivity contribution is 5.96. The molecule has 0 aliphatic rings. The summed E-state index contributed by atoms with van der Waals surface area (Å²) in [5.74, 6) is -5.55. The van der Waals surface area contributed by atoms with Gasteiger partial charge in [0.2, 0.25) is 5.91 Å². The smallest absolute Gasteiger partial charge is 0.254 e. The second-order valence-electron chi connectivity index (χ2n) is 5.32. The van der Waals surface area contributed by atoms with Crippen molar-refractivity contribution in [3.63, 3.8) is 0 Å². The van der Waals surface area contributed by atoms with Gasteiger partial charge in [-0.25, -0.2) is 13.2 Å². The van der Waals surface area contributed by atoms with Crippen LogP contribution in [0.15, 0.2) is 36.4 Å². The summed E-state index contributed by atoms with van der Waals surface area (Å²) in [6, 6.07) is 8.78. The summed E-state index contributed by atoms with van der Waals surface area (Å²) >= 11 is 0. The van der Waals surface area contributed by atoms with E-state index in [1.54, 1.807) is 13.2 Å². The number of halogens is 3. The zero-order chi connectivity index (χ0) is 19.1. The van der Waals surface area contributed by atoms with Crippen molar-refractivity contribution < 1.29 is 27.5 Å². The standard InChI is InChI=1S/C18H17F3N2O3/c1-26-14-5-3-2-4-11(14)8-9-22-15(24)10-23-18(25)12-6-7-13(19)17(21)16(12)20/h2-7H,8-10H2,1H3,(H,22,24)(H,23,25). The molecule has 2 rings (SSSR count). The van der Waals surface area contributed by atoms with Crippen LogP contribution in [-0.4, -0.2) is 32.0 Å². The Labute approximate surface area is 148 Å². The molecule has 2 N–H and O–H groups in total. The fraction of sp³-hybridized carbons (Fsp3) is 0.222. The average molecular weight is 366 g/mol. The predicted octanol–water partition coefficient (Wildman–Crippen LogP) is 2.20. The van der Waals surface area contributed by atoms with Gasteiger partial charge in [-0.3, -0.25) is 9.59 Å². The Morgan fingerprint density at radius 2 is 1.73 bits per heavy atom. The Kier molecular flexibility index (Phi) is 6.60. The number of ether oxygens (including phenoxy) is 1. The topological polar surface area (TPSA) is 67.4 Å². The molecule has 0 saturated carbocycles. The highest BCUT2D eigenvalue weighted by Crippen LogP contribution is 2.17. The molecule has 0 unspecified atom stereocenters. The maximum absolute atomic E-state index is 13.5. The van der Waals surface area contributed by atoms with Crippen molar-refractivity contribution in [2.45, 2.75) is 6.42 Å². The van der Waals surface area contributed by atoms with Gasteiger partial charge in [0.05, 0.1) is 19.2 Å². The number of para-hydroxylation sites is 1. The number of carbonyl (C=O) groups is 2. The van der Waals surface area contributed by atoms with Gasteiger partial charge in [0.15, 0.2) is 17.5 Å². The van der Waals surface area contributed by atoms with Crippen LogP contribution in [0.1, 0.15) is 15.9 Å². The van der Waals surface area contributed by atoms with E-state index in [2.05, 4.69) is 10.6 Å². The molecule has 0 fully saturated rings. The maximum Gasteiger partial charge on any atom is 0.254 e. The molecule has 0 aliphatic carbocycles. The fourth-order valence-corrected chi connectivity index (χ4v) is 2.27. The van der Waals surface area contributed by atoms with Crippen LogP contribution in [-0.2, 0) is 11.2 Å². The third-order valence-corrected chi connectivity index (χ3v) is 3.60. The van der Waals surface area contributed by atoms with E-state index < -0.39 is 41.4 Å². The van der Waals surface area contributed by atoms with E-state index in [0.29, 0.717) is 24.8 Å².